The topological polar surface area (TPSA) is 105 Å². The molecule has 4 rings (SSSR count). The second-order valence-electron chi connectivity index (χ2n) is 7.45. The summed E-state index contributed by atoms with van der Waals surface area (Å²) in [4.78, 5) is 29.4. The number of sulfone groups is 1. The first-order valence-corrected chi connectivity index (χ1v) is 11.3. The summed E-state index contributed by atoms with van der Waals surface area (Å²) in [5, 5.41) is 8.43. The molecule has 0 aliphatic carbocycles. The van der Waals surface area contributed by atoms with E-state index in [-0.39, 0.29) is 29.0 Å². The average Bonchev–Trinajstić information content (AvgIpc) is 3.07. The largest absolute Gasteiger partial charge is 0.338 e. The fourth-order valence-electron chi connectivity index (χ4n) is 4.00. The van der Waals surface area contributed by atoms with Crippen LogP contribution in [0.15, 0.2) is 29.1 Å². The van der Waals surface area contributed by atoms with Crippen molar-refractivity contribution in [1.29, 1.82) is 0 Å². The number of aromatic nitrogens is 3. The standard InChI is InChI=1S/C18H23N5O4S/c1-13(23-18(25)15-4-2-3-5-16(15)19-20-23)17(24)22-9-7-21(8-10-22)14-6-11-28(26,27)12-14/h2-5,13-14H,6-12H2,1H3/t13-,14?/m0/s1. The van der Waals surface area contributed by atoms with Crippen LogP contribution in [-0.4, -0.2) is 82.8 Å². The lowest BCUT2D eigenvalue weighted by molar-refractivity contribution is -0.136. The number of piperazine rings is 1. The van der Waals surface area contributed by atoms with E-state index >= 15 is 0 Å². The van der Waals surface area contributed by atoms with Crippen molar-refractivity contribution in [1.82, 2.24) is 24.8 Å². The third-order valence-corrected chi connectivity index (χ3v) is 7.42. The quantitative estimate of drug-likeness (QED) is 0.689. The number of carbonyl (C=O) groups excluding carboxylic acids is 1. The first kappa shape index (κ1) is 19.0. The molecule has 0 spiro atoms. The molecule has 2 aliphatic rings. The van der Waals surface area contributed by atoms with Gasteiger partial charge in [0.25, 0.3) is 5.56 Å². The van der Waals surface area contributed by atoms with Gasteiger partial charge in [-0.15, -0.1) is 5.10 Å². The van der Waals surface area contributed by atoms with Crippen molar-refractivity contribution >= 4 is 26.6 Å². The number of rotatable bonds is 3. The molecule has 2 aliphatic heterocycles. The molecule has 1 unspecified atom stereocenters. The van der Waals surface area contributed by atoms with Crippen LogP contribution in [0.5, 0.6) is 0 Å². The molecule has 150 valence electrons. The monoisotopic (exact) mass is 405 g/mol. The van der Waals surface area contributed by atoms with Crippen molar-refractivity contribution in [3.05, 3.63) is 34.6 Å². The van der Waals surface area contributed by atoms with E-state index < -0.39 is 15.9 Å². The van der Waals surface area contributed by atoms with Crippen molar-refractivity contribution in [3.8, 4) is 0 Å². The van der Waals surface area contributed by atoms with E-state index in [9.17, 15) is 18.0 Å². The van der Waals surface area contributed by atoms with Gasteiger partial charge in [0.2, 0.25) is 5.91 Å². The number of amides is 1. The molecule has 9 nitrogen and oxygen atoms in total. The summed E-state index contributed by atoms with van der Waals surface area (Å²) < 4.78 is 24.5. The molecule has 0 radical (unpaired) electrons. The van der Waals surface area contributed by atoms with Crippen molar-refractivity contribution in [2.24, 2.45) is 0 Å². The van der Waals surface area contributed by atoms with E-state index in [4.69, 9.17) is 0 Å². The second kappa shape index (κ2) is 7.25. The molecule has 0 bridgehead atoms. The molecule has 1 aromatic carbocycles. The molecule has 1 amide bonds. The molecule has 0 saturated carbocycles. The maximum atomic E-state index is 12.9. The zero-order chi connectivity index (χ0) is 19.9. The summed E-state index contributed by atoms with van der Waals surface area (Å²) in [5.74, 6) is 0.280. The molecule has 2 saturated heterocycles. The Labute approximate surface area is 162 Å². The highest BCUT2D eigenvalue weighted by atomic mass is 32.2. The van der Waals surface area contributed by atoms with E-state index in [0.717, 1.165) is 4.68 Å². The SMILES string of the molecule is C[C@@H](C(=O)N1CCN(C2CCS(=O)(=O)C2)CC1)n1nnc2ccccc2c1=O. The van der Waals surface area contributed by atoms with Crippen LogP contribution in [0.1, 0.15) is 19.4 Å². The van der Waals surface area contributed by atoms with Gasteiger partial charge in [0, 0.05) is 32.2 Å². The van der Waals surface area contributed by atoms with Crippen LogP contribution in [0, 0.1) is 0 Å². The van der Waals surface area contributed by atoms with Crippen LogP contribution >= 0.6 is 0 Å². The molecule has 2 aromatic rings. The Bertz CT molecular complexity index is 1060. The van der Waals surface area contributed by atoms with Gasteiger partial charge in [-0.3, -0.25) is 14.5 Å². The number of fused-ring (bicyclic) bond motifs is 1. The van der Waals surface area contributed by atoms with E-state index in [2.05, 4.69) is 15.2 Å². The highest BCUT2D eigenvalue weighted by Gasteiger charge is 2.35. The molecule has 3 heterocycles. The van der Waals surface area contributed by atoms with E-state index in [1.54, 1.807) is 36.1 Å². The third kappa shape index (κ3) is 3.53. The molecule has 2 fully saturated rings. The zero-order valence-corrected chi connectivity index (χ0v) is 16.5. The summed E-state index contributed by atoms with van der Waals surface area (Å²) in [6.07, 6.45) is 0.661. The number of benzene rings is 1. The Kier molecular flexibility index (Phi) is 4.92. The van der Waals surface area contributed by atoms with Gasteiger partial charge < -0.3 is 4.90 Å². The minimum atomic E-state index is -2.92. The van der Waals surface area contributed by atoms with Gasteiger partial charge in [-0.1, -0.05) is 17.3 Å². The van der Waals surface area contributed by atoms with Gasteiger partial charge in [-0.25, -0.2) is 8.42 Å². The van der Waals surface area contributed by atoms with E-state index in [0.29, 0.717) is 43.5 Å². The smallest absolute Gasteiger partial charge is 0.278 e. The summed E-state index contributed by atoms with van der Waals surface area (Å²) >= 11 is 0. The van der Waals surface area contributed by atoms with E-state index in [1.165, 1.54) is 0 Å². The molecular weight excluding hydrogens is 382 g/mol. The second-order valence-corrected chi connectivity index (χ2v) is 9.68. The van der Waals surface area contributed by atoms with Crippen molar-refractivity contribution in [2.45, 2.75) is 25.4 Å². The molecule has 2 atom stereocenters. The van der Waals surface area contributed by atoms with E-state index in [1.807, 2.05) is 0 Å². The molecule has 10 heteroatoms. The minimum Gasteiger partial charge on any atom is -0.338 e. The summed E-state index contributed by atoms with van der Waals surface area (Å²) in [7, 11) is -2.92. The average molecular weight is 405 g/mol. The lowest BCUT2D eigenvalue weighted by Gasteiger charge is -2.38. The van der Waals surface area contributed by atoms with Crippen molar-refractivity contribution in [3.63, 3.8) is 0 Å². The maximum absolute atomic E-state index is 12.9. The minimum absolute atomic E-state index is 0.0497. The number of hydrogen-bond acceptors (Lipinski definition) is 7. The lowest BCUT2D eigenvalue weighted by Crippen LogP contribution is -2.53. The van der Waals surface area contributed by atoms with Gasteiger partial charge in [0.05, 0.1) is 16.9 Å². The van der Waals surface area contributed by atoms with Crippen LogP contribution in [-0.2, 0) is 14.6 Å². The summed E-state index contributed by atoms with van der Waals surface area (Å²) in [5.41, 5.74) is 0.171. The highest BCUT2D eigenvalue weighted by molar-refractivity contribution is 7.91. The first-order valence-electron chi connectivity index (χ1n) is 9.43. The van der Waals surface area contributed by atoms with Crippen molar-refractivity contribution in [2.75, 3.05) is 37.7 Å². The Hall–Kier alpha value is -2.33. The molecule has 0 N–H and O–H groups in total. The molecule has 1 aromatic heterocycles. The highest BCUT2D eigenvalue weighted by Crippen LogP contribution is 2.20. The fourth-order valence-corrected chi connectivity index (χ4v) is 5.76. The number of nitrogens with zero attached hydrogens (tertiary/aromatic N) is 5. The number of carbonyl (C=O) groups is 1. The van der Waals surface area contributed by atoms with Crippen LogP contribution < -0.4 is 5.56 Å². The Morgan fingerprint density at radius 2 is 1.89 bits per heavy atom. The zero-order valence-electron chi connectivity index (χ0n) is 15.7. The molecular formula is C18H23N5O4S. The summed E-state index contributed by atoms with van der Waals surface area (Å²) in [6.45, 7) is 3.95. The Balaban J connectivity index is 1.44. The van der Waals surface area contributed by atoms with Crippen molar-refractivity contribution < 1.29 is 13.2 Å². The van der Waals surface area contributed by atoms with Gasteiger partial charge >= 0.3 is 0 Å². The van der Waals surface area contributed by atoms with Gasteiger partial charge in [0.1, 0.15) is 11.6 Å². The first-order chi connectivity index (χ1) is 13.4. The fraction of sp³-hybridized carbons (Fsp3) is 0.556. The van der Waals surface area contributed by atoms with Gasteiger partial charge in [-0.2, -0.15) is 4.68 Å². The van der Waals surface area contributed by atoms with Gasteiger partial charge in [-0.05, 0) is 25.5 Å². The van der Waals surface area contributed by atoms with Crippen LogP contribution in [0.2, 0.25) is 0 Å². The Morgan fingerprint density at radius 1 is 1.18 bits per heavy atom. The predicted molar refractivity (Wildman–Crippen MR) is 104 cm³/mol. The normalized spacial score (nSPS) is 23.8. The lowest BCUT2D eigenvalue weighted by atomic mass is 10.1. The molecule has 28 heavy (non-hydrogen) atoms. The van der Waals surface area contributed by atoms with Gasteiger partial charge in [0.15, 0.2) is 9.84 Å². The predicted octanol–water partition coefficient (Wildman–Crippen LogP) is -0.316. The van der Waals surface area contributed by atoms with Crippen LogP contribution in [0.25, 0.3) is 10.9 Å². The van der Waals surface area contributed by atoms with Crippen LogP contribution in [0.4, 0.5) is 0 Å². The summed E-state index contributed by atoms with van der Waals surface area (Å²) in [6, 6.07) is 6.23. The van der Waals surface area contributed by atoms with Crippen LogP contribution in [0.3, 0.4) is 0 Å². The third-order valence-electron chi connectivity index (χ3n) is 5.67. The number of hydrogen-bond donors (Lipinski definition) is 0. The maximum Gasteiger partial charge on any atom is 0.278 e. The Morgan fingerprint density at radius 3 is 2.57 bits per heavy atom.